The number of carbonyl (C=O) groups excluding carboxylic acids is 3. The average Bonchev–Trinajstić information content (AvgIpc) is 3.32. The molecule has 218 valence electrons. The lowest BCUT2D eigenvalue weighted by molar-refractivity contribution is -0.124. The number of benzene rings is 2. The molecule has 1 unspecified atom stereocenters. The normalized spacial score (nSPS) is 13.9. The second kappa shape index (κ2) is 12.7. The minimum Gasteiger partial charge on any atom is -0.465 e. The first-order valence-corrected chi connectivity index (χ1v) is 15.1. The Morgan fingerprint density at radius 1 is 0.929 bits per heavy atom. The van der Waals surface area contributed by atoms with Gasteiger partial charge in [-0.15, -0.1) is 11.3 Å². The third-order valence-electron chi connectivity index (χ3n) is 7.77. The molecule has 8 nitrogen and oxygen atoms in total. The maximum Gasteiger partial charge on any atom is 0.356 e. The van der Waals surface area contributed by atoms with Gasteiger partial charge in [0, 0.05) is 22.9 Å². The summed E-state index contributed by atoms with van der Waals surface area (Å²) >= 11 is 1.39. The van der Waals surface area contributed by atoms with Crippen LogP contribution in [0.1, 0.15) is 70.3 Å². The molecule has 0 spiro atoms. The predicted octanol–water partition coefficient (Wildman–Crippen LogP) is 6.29. The summed E-state index contributed by atoms with van der Waals surface area (Å²) in [5.74, 6) is -1.82. The first kappa shape index (κ1) is 29.3. The van der Waals surface area contributed by atoms with Crippen LogP contribution in [0.15, 0.2) is 59.4 Å². The largest absolute Gasteiger partial charge is 0.465 e. The van der Waals surface area contributed by atoms with Crippen molar-refractivity contribution in [2.24, 2.45) is 7.05 Å². The van der Waals surface area contributed by atoms with Crippen molar-refractivity contribution in [3.05, 3.63) is 86.6 Å². The summed E-state index contributed by atoms with van der Waals surface area (Å²) in [6, 6.07) is 16.4. The van der Waals surface area contributed by atoms with Crippen LogP contribution < -0.4 is 10.9 Å². The summed E-state index contributed by atoms with van der Waals surface area (Å²) in [5, 5.41) is 4.38. The summed E-state index contributed by atoms with van der Waals surface area (Å²) in [6.07, 6.45) is 4.82. The fourth-order valence-electron chi connectivity index (χ4n) is 5.63. The SMILES string of the molecule is CCC(OC(=O)c1c(-c2ccccc2)c2ccccc2c(=O)n1C)C(=O)Nc1sc2c(c1C(=O)OC)CCCCCC2. The Labute approximate surface area is 248 Å². The zero-order valence-corrected chi connectivity index (χ0v) is 24.8. The van der Waals surface area contributed by atoms with Crippen LogP contribution >= 0.6 is 11.3 Å². The third-order valence-corrected chi connectivity index (χ3v) is 8.98. The molecule has 9 heteroatoms. The highest BCUT2D eigenvalue weighted by molar-refractivity contribution is 7.17. The third kappa shape index (κ3) is 5.61. The number of thiophene rings is 1. The van der Waals surface area contributed by atoms with E-state index in [1.165, 1.54) is 30.1 Å². The number of ether oxygens (including phenoxy) is 2. The van der Waals surface area contributed by atoms with Crippen LogP contribution in [0.3, 0.4) is 0 Å². The number of fused-ring (bicyclic) bond motifs is 2. The summed E-state index contributed by atoms with van der Waals surface area (Å²) < 4.78 is 12.2. The van der Waals surface area contributed by atoms with Crippen LogP contribution in [0.25, 0.3) is 21.9 Å². The van der Waals surface area contributed by atoms with Crippen molar-refractivity contribution in [1.29, 1.82) is 0 Å². The summed E-state index contributed by atoms with van der Waals surface area (Å²) in [6.45, 7) is 1.74. The van der Waals surface area contributed by atoms with Gasteiger partial charge in [0.25, 0.3) is 11.5 Å². The molecule has 2 aromatic carbocycles. The molecule has 1 amide bonds. The summed E-state index contributed by atoms with van der Waals surface area (Å²) in [5.41, 5.74) is 2.34. The number of rotatable bonds is 7. The van der Waals surface area contributed by atoms with Crippen LogP contribution in [0, 0.1) is 0 Å². The number of esters is 2. The van der Waals surface area contributed by atoms with Crippen molar-refractivity contribution in [3.8, 4) is 11.1 Å². The molecule has 0 aliphatic heterocycles. The van der Waals surface area contributed by atoms with Gasteiger partial charge >= 0.3 is 11.9 Å². The quantitative estimate of drug-likeness (QED) is 0.256. The smallest absolute Gasteiger partial charge is 0.356 e. The van der Waals surface area contributed by atoms with Gasteiger partial charge in [0.05, 0.1) is 12.7 Å². The van der Waals surface area contributed by atoms with Gasteiger partial charge in [-0.25, -0.2) is 9.59 Å². The Kier molecular flexibility index (Phi) is 8.87. The number of hydrogen-bond donors (Lipinski definition) is 1. The maximum atomic E-state index is 13.8. The van der Waals surface area contributed by atoms with Crippen molar-refractivity contribution >= 4 is 45.0 Å². The Morgan fingerprint density at radius 3 is 2.29 bits per heavy atom. The predicted molar refractivity (Wildman–Crippen MR) is 164 cm³/mol. The molecule has 0 fully saturated rings. The number of amides is 1. The van der Waals surface area contributed by atoms with Gasteiger partial charge in [-0.05, 0) is 54.7 Å². The van der Waals surface area contributed by atoms with Gasteiger partial charge in [-0.2, -0.15) is 0 Å². The molecule has 0 radical (unpaired) electrons. The number of carbonyl (C=O) groups is 3. The van der Waals surface area contributed by atoms with E-state index >= 15 is 0 Å². The van der Waals surface area contributed by atoms with Crippen LogP contribution in [-0.2, 0) is 34.2 Å². The molecule has 1 aliphatic rings. The molecule has 1 atom stereocenters. The number of nitrogens with one attached hydrogen (secondary N) is 1. The maximum absolute atomic E-state index is 13.8. The zero-order chi connectivity index (χ0) is 29.8. The number of aromatic nitrogens is 1. The number of nitrogens with zero attached hydrogens (tertiary/aromatic N) is 1. The van der Waals surface area contributed by atoms with Crippen LogP contribution in [0.4, 0.5) is 5.00 Å². The number of methoxy groups -OCH3 is 1. The van der Waals surface area contributed by atoms with E-state index in [2.05, 4.69) is 5.32 Å². The summed E-state index contributed by atoms with van der Waals surface area (Å²) in [4.78, 5) is 54.5. The van der Waals surface area contributed by atoms with Crippen molar-refractivity contribution in [2.75, 3.05) is 12.4 Å². The van der Waals surface area contributed by atoms with E-state index in [0.29, 0.717) is 26.9 Å². The first-order chi connectivity index (χ1) is 20.3. The van der Waals surface area contributed by atoms with E-state index < -0.39 is 23.9 Å². The van der Waals surface area contributed by atoms with E-state index in [0.717, 1.165) is 54.5 Å². The van der Waals surface area contributed by atoms with Crippen molar-refractivity contribution in [3.63, 3.8) is 0 Å². The number of anilines is 1. The van der Waals surface area contributed by atoms with Gasteiger partial charge in [0.15, 0.2) is 6.10 Å². The Hall–Kier alpha value is -4.24. The minimum absolute atomic E-state index is 0.0606. The second-order valence-electron chi connectivity index (χ2n) is 10.4. The molecular weight excluding hydrogens is 552 g/mol. The number of pyridine rings is 1. The van der Waals surface area contributed by atoms with E-state index in [-0.39, 0.29) is 17.7 Å². The minimum atomic E-state index is -1.15. The molecule has 5 rings (SSSR count). The van der Waals surface area contributed by atoms with Gasteiger partial charge in [-0.3, -0.25) is 9.59 Å². The van der Waals surface area contributed by atoms with Crippen molar-refractivity contribution < 1.29 is 23.9 Å². The molecule has 0 bridgehead atoms. The lowest BCUT2D eigenvalue weighted by Gasteiger charge is -2.20. The molecule has 0 saturated carbocycles. The van der Waals surface area contributed by atoms with Crippen LogP contribution in [0.5, 0.6) is 0 Å². The Morgan fingerprint density at radius 2 is 1.60 bits per heavy atom. The lowest BCUT2D eigenvalue weighted by atomic mass is 9.96. The van der Waals surface area contributed by atoms with Gasteiger partial charge in [0.2, 0.25) is 0 Å². The van der Waals surface area contributed by atoms with Gasteiger partial charge in [-0.1, -0.05) is 68.3 Å². The lowest BCUT2D eigenvalue weighted by Crippen LogP contribution is -2.34. The Bertz CT molecular complexity index is 1710. The van der Waals surface area contributed by atoms with Gasteiger partial charge < -0.3 is 19.4 Å². The fourth-order valence-corrected chi connectivity index (χ4v) is 6.91. The van der Waals surface area contributed by atoms with E-state index in [9.17, 15) is 19.2 Å². The molecule has 2 aromatic heterocycles. The molecule has 1 N–H and O–H groups in total. The highest BCUT2D eigenvalue weighted by Crippen LogP contribution is 2.38. The van der Waals surface area contributed by atoms with Crippen LogP contribution in [-0.4, -0.2) is 35.6 Å². The molecule has 1 aliphatic carbocycles. The van der Waals surface area contributed by atoms with Crippen molar-refractivity contribution in [1.82, 2.24) is 4.57 Å². The first-order valence-electron chi connectivity index (χ1n) is 14.3. The second-order valence-corrected chi connectivity index (χ2v) is 11.5. The zero-order valence-electron chi connectivity index (χ0n) is 24.0. The molecule has 4 aromatic rings. The average molecular weight is 587 g/mol. The monoisotopic (exact) mass is 586 g/mol. The molecule has 2 heterocycles. The van der Waals surface area contributed by atoms with E-state index in [4.69, 9.17) is 9.47 Å². The highest BCUT2D eigenvalue weighted by atomic mass is 32.1. The van der Waals surface area contributed by atoms with Crippen molar-refractivity contribution in [2.45, 2.75) is 58.0 Å². The molecular formula is C33H34N2O6S. The standard InChI is InChI=1S/C33H34N2O6S/c1-4-24(29(36)34-30-27(32(38)40-3)23-18-10-5-6-11-19-25(23)42-30)41-33(39)28-26(20-14-8-7-9-15-20)21-16-12-13-17-22(21)31(37)35(28)2/h7-9,12-17,24H,4-6,10-11,18-19H2,1-3H3,(H,34,36). The van der Waals surface area contributed by atoms with Gasteiger partial charge in [0.1, 0.15) is 10.7 Å². The topological polar surface area (TPSA) is 104 Å². The number of aryl methyl sites for hydroxylation is 1. The summed E-state index contributed by atoms with van der Waals surface area (Å²) in [7, 11) is 2.86. The van der Waals surface area contributed by atoms with E-state index in [1.807, 2.05) is 36.4 Å². The van der Waals surface area contributed by atoms with E-state index in [1.54, 1.807) is 25.1 Å². The highest BCUT2D eigenvalue weighted by Gasteiger charge is 2.31. The fraction of sp³-hybridized carbons (Fsp3) is 0.333. The Balaban J connectivity index is 1.49. The number of hydrogen-bond acceptors (Lipinski definition) is 7. The molecule has 0 saturated heterocycles. The van der Waals surface area contributed by atoms with Crippen LogP contribution in [0.2, 0.25) is 0 Å². The molecule has 42 heavy (non-hydrogen) atoms.